The Kier molecular flexibility index (Phi) is 10.0. The minimum Gasteiger partial charge on any atom is -0.339 e. The third-order valence-electron chi connectivity index (χ3n) is 10.7. The number of rotatable bonds is 6. The molecule has 15 nitrogen and oxygen atoms in total. The Morgan fingerprint density at radius 3 is 2.54 bits per heavy atom. The Labute approximate surface area is 305 Å². The molecule has 4 N–H and O–H groups in total. The number of hydrogen-bond acceptors (Lipinski definition) is 9. The Hall–Kier alpha value is -4.34. The molecule has 5 atom stereocenters. The zero-order chi connectivity index (χ0) is 37.6. The van der Waals surface area contributed by atoms with Crippen molar-refractivity contribution in [3.05, 3.63) is 42.5 Å². The molecular weight excluding hydrogens is 687 g/mol. The van der Waals surface area contributed by atoms with E-state index in [1.54, 1.807) is 0 Å². The molecule has 2 aromatic rings. The highest BCUT2D eigenvalue weighted by Crippen LogP contribution is 2.46. The third-order valence-corrected chi connectivity index (χ3v) is 12.5. The lowest BCUT2D eigenvalue weighted by molar-refractivity contribution is -0.142. The zero-order valence-electron chi connectivity index (χ0n) is 30.6. The van der Waals surface area contributed by atoms with Crippen LogP contribution >= 0.6 is 0 Å². The number of fused-ring (bicyclic) bond motifs is 8. The molecule has 1 aromatic carbocycles. The highest BCUT2D eigenvalue weighted by Gasteiger charge is 2.62. The Morgan fingerprint density at radius 1 is 1.12 bits per heavy atom. The van der Waals surface area contributed by atoms with Gasteiger partial charge in [-0.1, -0.05) is 57.9 Å². The van der Waals surface area contributed by atoms with Crippen molar-refractivity contribution in [2.45, 2.75) is 127 Å². The van der Waals surface area contributed by atoms with Crippen LogP contribution in [0.3, 0.4) is 0 Å². The number of hydrogen-bond donors (Lipinski definition) is 4. The van der Waals surface area contributed by atoms with Crippen molar-refractivity contribution in [2.75, 3.05) is 6.54 Å². The van der Waals surface area contributed by atoms with Gasteiger partial charge >= 0.3 is 6.03 Å². The van der Waals surface area contributed by atoms with E-state index in [4.69, 9.17) is 0 Å². The fourth-order valence-electron chi connectivity index (χ4n) is 7.28. The second-order valence-corrected chi connectivity index (χ2v) is 18.5. The van der Waals surface area contributed by atoms with Gasteiger partial charge in [0.2, 0.25) is 27.7 Å². The molecule has 1 saturated heterocycles. The number of nitrogens with one attached hydrogen (secondary N) is 4. The van der Waals surface area contributed by atoms with E-state index in [0.29, 0.717) is 18.7 Å². The lowest BCUT2D eigenvalue weighted by Crippen LogP contribution is -2.62. The summed E-state index contributed by atoms with van der Waals surface area (Å²) in [4.78, 5) is 58.7. The van der Waals surface area contributed by atoms with Crippen LogP contribution in [0.2, 0.25) is 0 Å². The van der Waals surface area contributed by atoms with Gasteiger partial charge in [0.25, 0.3) is 5.91 Å². The summed E-state index contributed by atoms with van der Waals surface area (Å²) in [5, 5.41) is 21.5. The average molecular weight is 738 g/mol. The van der Waals surface area contributed by atoms with E-state index in [9.17, 15) is 27.6 Å². The molecule has 6 rings (SSSR count). The summed E-state index contributed by atoms with van der Waals surface area (Å²) in [5.74, 6) is -2.05. The highest BCUT2D eigenvalue weighted by atomic mass is 32.2. The van der Waals surface area contributed by atoms with Crippen molar-refractivity contribution in [1.82, 2.24) is 45.8 Å². The molecule has 16 heteroatoms. The number of aryl methyl sites for hydroxylation is 1. The number of carbonyl (C=O) groups is 4. The Bertz CT molecular complexity index is 1850. The SMILES string of the molecule is C=C[C@@H]1C[C@]1(NC(=O)[C@@H]1C[C@@H]2CN1C(=O)[C@H](C(C)(C)C)NC(=O)NC(C)(C)CCCCCc1cccc(c1)-c1nnn2n1)C(=O)NS(=O)(=O)C1CC1. The van der Waals surface area contributed by atoms with E-state index < -0.39 is 79.6 Å². The standard InChI is InChI=1S/C36H51N9O6S/c1-7-24-20-36(24,32(48)42-52(50,51)26-15-16-26)38-30(46)27-19-25-21-44(27)31(47)28(34(2,3)4)37-33(49)39-35(5,6)17-10-8-9-12-22-13-11-14-23(18-22)29-40-43-45(25)41-29/h7,11,13-14,18,24-28H,1,8-10,12,15-17,19-21H2,2-6H3,(H,38,46)(H,42,48)(H2,37,39,49)/t24-,25-,27+,28-,36-/m1/s1. The average Bonchev–Trinajstić information content (AvgIpc) is 3.94. The first-order valence-electron chi connectivity index (χ1n) is 18.2. The maximum atomic E-state index is 14.6. The summed E-state index contributed by atoms with van der Waals surface area (Å²) in [6.07, 6.45) is 7.15. The highest BCUT2D eigenvalue weighted by molar-refractivity contribution is 7.91. The van der Waals surface area contributed by atoms with Crippen LogP contribution in [0, 0.1) is 11.3 Å². The molecule has 3 fully saturated rings. The molecule has 0 unspecified atom stereocenters. The second kappa shape index (κ2) is 13.9. The molecule has 3 heterocycles. The number of sulfonamides is 1. The number of aromatic nitrogens is 4. The van der Waals surface area contributed by atoms with Gasteiger partial charge in [-0.3, -0.25) is 19.1 Å². The van der Waals surface area contributed by atoms with E-state index in [2.05, 4.69) is 48.7 Å². The first-order chi connectivity index (χ1) is 24.4. The molecule has 4 aliphatic rings. The molecule has 0 radical (unpaired) electrons. The Morgan fingerprint density at radius 2 is 1.87 bits per heavy atom. The van der Waals surface area contributed by atoms with Gasteiger partial charge in [-0.15, -0.1) is 16.8 Å². The van der Waals surface area contributed by atoms with Gasteiger partial charge < -0.3 is 20.9 Å². The normalized spacial score (nSPS) is 28.2. The van der Waals surface area contributed by atoms with Gasteiger partial charge in [0.15, 0.2) is 0 Å². The summed E-state index contributed by atoms with van der Waals surface area (Å²) in [6, 6.07) is 4.78. The first kappa shape index (κ1) is 37.4. The molecule has 5 amide bonds. The third kappa shape index (κ3) is 8.01. The maximum Gasteiger partial charge on any atom is 0.315 e. The smallest absolute Gasteiger partial charge is 0.315 e. The van der Waals surface area contributed by atoms with Crippen LogP contribution in [0.4, 0.5) is 4.79 Å². The van der Waals surface area contributed by atoms with Gasteiger partial charge in [-0.05, 0) is 74.6 Å². The van der Waals surface area contributed by atoms with Crippen LogP contribution in [0.15, 0.2) is 36.9 Å². The summed E-state index contributed by atoms with van der Waals surface area (Å²) in [6.45, 7) is 13.2. The molecule has 52 heavy (non-hydrogen) atoms. The molecular formula is C36H51N9O6S. The van der Waals surface area contributed by atoms with Crippen LogP contribution in [-0.2, 0) is 30.8 Å². The predicted octanol–water partition coefficient (Wildman–Crippen LogP) is 2.76. The number of tetrazole rings is 1. The lowest BCUT2D eigenvalue weighted by atomic mass is 9.85. The minimum absolute atomic E-state index is 0.0221. The van der Waals surface area contributed by atoms with E-state index in [-0.39, 0.29) is 19.4 Å². The molecule has 2 saturated carbocycles. The van der Waals surface area contributed by atoms with E-state index in [0.717, 1.165) is 43.2 Å². The maximum absolute atomic E-state index is 14.6. The summed E-state index contributed by atoms with van der Waals surface area (Å²) < 4.78 is 27.6. The van der Waals surface area contributed by atoms with Gasteiger partial charge in [0, 0.05) is 30.0 Å². The van der Waals surface area contributed by atoms with E-state index in [1.807, 2.05) is 52.8 Å². The zero-order valence-corrected chi connectivity index (χ0v) is 31.5. The lowest BCUT2D eigenvalue weighted by Gasteiger charge is -2.36. The Balaban J connectivity index is 1.33. The quantitative estimate of drug-likeness (QED) is 0.322. The minimum atomic E-state index is -3.89. The molecule has 1 aromatic heterocycles. The van der Waals surface area contributed by atoms with Crippen molar-refractivity contribution >= 4 is 33.8 Å². The van der Waals surface area contributed by atoms with E-state index in [1.165, 1.54) is 15.8 Å². The fourth-order valence-corrected chi connectivity index (χ4v) is 8.64. The van der Waals surface area contributed by atoms with Gasteiger partial charge in [-0.25, -0.2) is 13.2 Å². The molecule has 282 valence electrons. The molecule has 2 aliphatic heterocycles. The van der Waals surface area contributed by atoms with Crippen LogP contribution in [0.1, 0.15) is 97.6 Å². The fraction of sp³-hybridized carbons (Fsp3) is 0.639. The van der Waals surface area contributed by atoms with Crippen LogP contribution in [-0.4, -0.2) is 92.2 Å². The number of carbonyl (C=O) groups excluding carboxylic acids is 4. The monoisotopic (exact) mass is 737 g/mol. The van der Waals surface area contributed by atoms with Gasteiger partial charge in [-0.2, -0.15) is 4.80 Å². The summed E-state index contributed by atoms with van der Waals surface area (Å²) in [5.41, 5.74) is -0.894. The number of nitrogens with zero attached hydrogens (tertiary/aromatic N) is 5. The van der Waals surface area contributed by atoms with Crippen molar-refractivity contribution in [2.24, 2.45) is 11.3 Å². The van der Waals surface area contributed by atoms with E-state index >= 15 is 0 Å². The largest absolute Gasteiger partial charge is 0.339 e. The van der Waals surface area contributed by atoms with Crippen molar-refractivity contribution in [3.8, 4) is 11.4 Å². The number of amides is 5. The van der Waals surface area contributed by atoms with Crippen molar-refractivity contribution < 1.29 is 27.6 Å². The molecule has 2 aliphatic carbocycles. The number of benzene rings is 1. The summed E-state index contributed by atoms with van der Waals surface area (Å²) in [7, 11) is -3.89. The van der Waals surface area contributed by atoms with Gasteiger partial charge in [0.1, 0.15) is 17.6 Å². The summed E-state index contributed by atoms with van der Waals surface area (Å²) >= 11 is 0. The van der Waals surface area contributed by atoms with Crippen molar-refractivity contribution in [3.63, 3.8) is 0 Å². The van der Waals surface area contributed by atoms with Crippen LogP contribution in [0.5, 0.6) is 0 Å². The second-order valence-electron chi connectivity index (χ2n) is 16.6. The van der Waals surface area contributed by atoms with Gasteiger partial charge in [0.05, 0.1) is 11.3 Å². The van der Waals surface area contributed by atoms with Crippen LogP contribution in [0.25, 0.3) is 11.4 Å². The number of urea groups is 1. The molecule has 0 spiro atoms. The topological polar surface area (TPSA) is 197 Å². The predicted molar refractivity (Wildman–Crippen MR) is 193 cm³/mol. The molecule has 6 bridgehead atoms. The van der Waals surface area contributed by atoms with Crippen molar-refractivity contribution in [1.29, 1.82) is 0 Å². The van der Waals surface area contributed by atoms with Crippen LogP contribution < -0.4 is 20.7 Å². The first-order valence-corrected chi connectivity index (χ1v) is 19.8.